The van der Waals surface area contributed by atoms with E-state index in [1.165, 1.54) is 11.0 Å². The number of ether oxygens (including phenoxy) is 3. The van der Waals surface area contributed by atoms with Crippen LogP contribution >= 0.6 is 0 Å². The third kappa shape index (κ3) is 5.54. The van der Waals surface area contributed by atoms with Crippen LogP contribution in [0.3, 0.4) is 0 Å². The molecule has 0 spiro atoms. The van der Waals surface area contributed by atoms with Crippen molar-refractivity contribution in [2.75, 3.05) is 20.7 Å². The Kier molecular flexibility index (Phi) is 7.49. The molecule has 6 heteroatoms. The first-order chi connectivity index (χ1) is 15.0. The normalized spacial score (nSPS) is 15.3. The first-order valence-corrected chi connectivity index (χ1v) is 10.3. The van der Waals surface area contributed by atoms with Crippen LogP contribution in [0.1, 0.15) is 37.0 Å². The molecule has 6 nitrogen and oxygen atoms in total. The summed E-state index contributed by atoms with van der Waals surface area (Å²) in [6.45, 7) is 2.39. The number of unbranched alkanes of at least 4 members (excludes halogenated alkanes) is 1. The lowest BCUT2D eigenvalue weighted by Crippen LogP contribution is -2.25. The van der Waals surface area contributed by atoms with Gasteiger partial charge in [0.05, 0.1) is 12.2 Å². The number of rotatable bonds is 7. The van der Waals surface area contributed by atoms with E-state index in [1.54, 1.807) is 20.2 Å². The van der Waals surface area contributed by atoms with Crippen LogP contribution in [0.4, 0.5) is 4.79 Å². The van der Waals surface area contributed by atoms with Crippen molar-refractivity contribution in [2.24, 2.45) is 0 Å². The van der Waals surface area contributed by atoms with Crippen molar-refractivity contribution in [2.45, 2.75) is 25.9 Å². The summed E-state index contributed by atoms with van der Waals surface area (Å²) in [5, 5.41) is 0. The molecule has 1 amide bonds. The molecular weight excluding hydrogens is 394 g/mol. The SMILES string of the molecule is CCCCOC(=O)/C=C/C1=C(OC(=O)N(C)C)c2ccccc2OC1c1ccccc1. The number of para-hydroxylation sites is 1. The van der Waals surface area contributed by atoms with Crippen LogP contribution in [-0.2, 0) is 14.3 Å². The Bertz CT molecular complexity index is 978. The van der Waals surface area contributed by atoms with E-state index in [0.29, 0.717) is 29.3 Å². The van der Waals surface area contributed by atoms with Crippen LogP contribution in [-0.4, -0.2) is 37.7 Å². The molecular formula is C25H27NO5. The standard InChI is InChI=1S/C25H27NO5/c1-4-5-17-29-22(27)16-15-20-23(18-11-7-6-8-12-18)30-21-14-10-9-13-19(21)24(20)31-25(28)26(2)3/h6-16,23H,4-5,17H2,1-3H3/b16-15+. The van der Waals surface area contributed by atoms with Gasteiger partial charge in [-0.05, 0) is 30.2 Å². The number of amides is 1. The molecule has 0 aromatic heterocycles. The quantitative estimate of drug-likeness (QED) is 0.352. The summed E-state index contributed by atoms with van der Waals surface area (Å²) in [5.74, 6) is 0.498. The fourth-order valence-electron chi connectivity index (χ4n) is 3.08. The lowest BCUT2D eigenvalue weighted by atomic mass is 9.94. The Morgan fingerprint density at radius 2 is 1.77 bits per heavy atom. The molecule has 1 heterocycles. The molecule has 1 aliphatic rings. The van der Waals surface area contributed by atoms with Crippen LogP contribution < -0.4 is 4.74 Å². The van der Waals surface area contributed by atoms with Gasteiger partial charge < -0.3 is 19.1 Å². The van der Waals surface area contributed by atoms with Crippen LogP contribution in [0.15, 0.2) is 72.3 Å². The first kappa shape index (κ1) is 22.2. The van der Waals surface area contributed by atoms with Crippen molar-refractivity contribution >= 4 is 17.8 Å². The second-order valence-corrected chi connectivity index (χ2v) is 7.31. The fraction of sp³-hybridized carbons (Fsp3) is 0.280. The van der Waals surface area contributed by atoms with Gasteiger partial charge in [-0.3, -0.25) is 0 Å². The Morgan fingerprint density at radius 1 is 1.06 bits per heavy atom. The van der Waals surface area contributed by atoms with Gasteiger partial charge in [-0.15, -0.1) is 0 Å². The molecule has 0 saturated heterocycles. The zero-order valence-electron chi connectivity index (χ0n) is 18.0. The zero-order valence-corrected chi connectivity index (χ0v) is 18.0. The number of hydrogen-bond donors (Lipinski definition) is 0. The molecule has 162 valence electrons. The van der Waals surface area contributed by atoms with E-state index in [4.69, 9.17) is 14.2 Å². The summed E-state index contributed by atoms with van der Waals surface area (Å²) in [6.07, 6.45) is 3.63. The molecule has 1 unspecified atom stereocenters. The van der Waals surface area contributed by atoms with Crippen LogP contribution in [0.25, 0.3) is 5.76 Å². The van der Waals surface area contributed by atoms with Gasteiger partial charge >= 0.3 is 12.1 Å². The van der Waals surface area contributed by atoms with Crippen LogP contribution in [0, 0.1) is 0 Å². The molecule has 0 fully saturated rings. The van der Waals surface area contributed by atoms with Gasteiger partial charge in [-0.25, -0.2) is 9.59 Å². The number of benzene rings is 2. The molecule has 2 aromatic carbocycles. The molecule has 0 N–H and O–H groups in total. The lowest BCUT2D eigenvalue weighted by molar-refractivity contribution is -0.137. The highest BCUT2D eigenvalue weighted by Gasteiger charge is 2.31. The van der Waals surface area contributed by atoms with Crippen molar-refractivity contribution in [3.05, 3.63) is 83.4 Å². The summed E-state index contributed by atoms with van der Waals surface area (Å²) < 4.78 is 17.3. The molecule has 3 rings (SSSR count). The largest absolute Gasteiger partial charge is 0.480 e. The third-order valence-electron chi connectivity index (χ3n) is 4.72. The average Bonchev–Trinajstić information content (AvgIpc) is 2.78. The number of nitrogens with zero attached hydrogens (tertiary/aromatic N) is 1. The predicted octanol–water partition coefficient (Wildman–Crippen LogP) is 5.13. The van der Waals surface area contributed by atoms with Gasteiger partial charge in [-0.2, -0.15) is 0 Å². The number of esters is 1. The lowest BCUT2D eigenvalue weighted by Gasteiger charge is -2.30. The van der Waals surface area contributed by atoms with E-state index in [0.717, 1.165) is 18.4 Å². The monoisotopic (exact) mass is 421 g/mol. The van der Waals surface area contributed by atoms with Crippen LogP contribution in [0.5, 0.6) is 5.75 Å². The number of carbonyl (C=O) groups excluding carboxylic acids is 2. The minimum absolute atomic E-state index is 0.354. The number of carbonyl (C=O) groups is 2. The summed E-state index contributed by atoms with van der Waals surface area (Å²) in [4.78, 5) is 26.0. The Hall–Kier alpha value is -3.54. The third-order valence-corrected chi connectivity index (χ3v) is 4.72. The fourth-order valence-corrected chi connectivity index (χ4v) is 3.08. The highest BCUT2D eigenvalue weighted by Crippen LogP contribution is 2.43. The summed E-state index contributed by atoms with van der Waals surface area (Å²) in [7, 11) is 3.23. The molecule has 0 bridgehead atoms. The van der Waals surface area contributed by atoms with E-state index in [-0.39, 0.29) is 0 Å². The Morgan fingerprint density at radius 3 is 2.48 bits per heavy atom. The molecule has 0 saturated carbocycles. The minimum Gasteiger partial charge on any atom is -0.480 e. The number of hydrogen-bond acceptors (Lipinski definition) is 5. The van der Waals surface area contributed by atoms with Crippen molar-refractivity contribution in [3.63, 3.8) is 0 Å². The molecule has 0 radical (unpaired) electrons. The van der Waals surface area contributed by atoms with Crippen LogP contribution in [0.2, 0.25) is 0 Å². The molecule has 0 aliphatic carbocycles. The average molecular weight is 421 g/mol. The van der Waals surface area contributed by atoms with Gasteiger partial charge in [0.1, 0.15) is 5.75 Å². The highest BCUT2D eigenvalue weighted by molar-refractivity contribution is 5.86. The summed E-state index contributed by atoms with van der Waals surface area (Å²) >= 11 is 0. The maximum absolute atomic E-state index is 12.4. The van der Waals surface area contributed by atoms with Gasteiger partial charge in [-0.1, -0.05) is 55.8 Å². The van der Waals surface area contributed by atoms with Gasteiger partial charge in [0.25, 0.3) is 0 Å². The maximum Gasteiger partial charge on any atom is 0.414 e. The molecule has 31 heavy (non-hydrogen) atoms. The van der Waals surface area contributed by atoms with Crippen molar-refractivity contribution in [1.82, 2.24) is 4.90 Å². The molecule has 1 atom stereocenters. The summed E-state index contributed by atoms with van der Waals surface area (Å²) in [5.41, 5.74) is 2.07. The summed E-state index contributed by atoms with van der Waals surface area (Å²) in [6, 6.07) is 16.9. The smallest absolute Gasteiger partial charge is 0.414 e. The highest BCUT2D eigenvalue weighted by atomic mass is 16.6. The van der Waals surface area contributed by atoms with Gasteiger partial charge in [0.15, 0.2) is 11.9 Å². The minimum atomic E-state index is -0.555. The van der Waals surface area contributed by atoms with Crippen molar-refractivity contribution in [1.29, 1.82) is 0 Å². The number of fused-ring (bicyclic) bond motifs is 1. The maximum atomic E-state index is 12.4. The van der Waals surface area contributed by atoms with Gasteiger partial charge in [0, 0.05) is 25.7 Å². The molecule has 1 aliphatic heterocycles. The van der Waals surface area contributed by atoms with E-state index in [2.05, 4.69) is 0 Å². The Labute approximate surface area is 182 Å². The second-order valence-electron chi connectivity index (χ2n) is 7.31. The molecule has 2 aromatic rings. The van der Waals surface area contributed by atoms with E-state index in [9.17, 15) is 9.59 Å². The Balaban J connectivity index is 2.07. The van der Waals surface area contributed by atoms with Crippen molar-refractivity contribution in [3.8, 4) is 5.75 Å². The van der Waals surface area contributed by atoms with Gasteiger partial charge in [0.2, 0.25) is 0 Å². The van der Waals surface area contributed by atoms with E-state index >= 15 is 0 Å². The second kappa shape index (κ2) is 10.5. The van der Waals surface area contributed by atoms with Crippen molar-refractivity contribution < 1.29 is 23.8 Å². The van der Waals surface area contributed by atoms with E-state index < -0.39 is 18.2 Å². The first-order valence-electron chi connectivity index (χ1n) is 10.3. The van der Waals surface area contributed by atoms with E-state index in [1.807, 2.05) is 61.5 Å². The predicted molar refractivity (Wildman–Crippen MR) is 118 cm³/mol. The zero-order chi connectivity index (χ0) is 22.2. The topological polar surface area (TPSA) is 65.1 Å².